The normalized spacial score (nSPS) is 11.9. The Hall–Kier alpha value is -3.65. The number of amides is 1. The third-order valence-corrected chi connectivity index (χ3v) is 6.13. The third kappa shape index (κ3) is 5.40. The zero-order chi connectivity index (χ0) is 23.4. The van der Waals surface area contributed by atoms with E-state index in [1.807, 2.05) is 30.3 Å². The summed E-state index contributed by atoms with van der Waals surface area (Å²) in [5.74, 6) is -1.19. The summed E-state index contributed by atoms with van der Waals surface area (Å²) >= 11 is 1.12. The van der Waals surface area contributed by atoms with Gasteiger partial charge in [0.25, 0.3) is 0 Å². The van der Waals surface area contributed by atoms with Gasteiger partial charge in [-0.1, -0.05) is 30.3 Å². The van der Waals surface area contributed by atoms with Crippen molar-refractivity contribution < 1.29 is 23.1 Å². The van der Waals surface area contributed by atoms with Gasteiger partial charge in [0.1, 0.15) is 23.3 Å². The highest BCUT2D eigenvalue weighted by Crippen LogP contribution is 2.28. The number of nitrogens with one attached hydrogen (secondary N) is 1. The number of hydrogen-bond donors (Lipinski definition) is 1. The van der Waals surface area contributed by atoms with E-state index in [9.17, 15) is 18.8 Å². The van der Waals surface area contributed by atoms with Gasteiger partial charge in [0.15, 0.2) is 0 Å². The zero-order valence-electron chi connectivity index (χ0n) is 17.7. The Morgan fingerprint density at radius 1 is 1.09 bits per heavy atom. The predicted molar refractivity (Wildman–Crippen MR) is 127 cm³/mol. The number of hydrogen-bond acceptors (Lipinski definition) is 6. The van der Waals surface area contributed by atoms with Gasteiger partial charge in [0.2, 0.25) is 5.91 Å². The maximum absolute atomic E-state index is 13.0. The topological polar surface area (TPSA) is 85.6 Å². The van der Waals surface area contributed by atoms with Gasteiger partial charge in [-0.15, -0.1) is 11.8 Å². The van der Waals surface area contributed by atoms with Crippen LogP contribution >= 0.6 is 11.8 Å². The second kappa shape index (κ2) is 9.87. The van der Waals surface area contributed by atoms with Gasteiger partial charge in [-0.3, -0.25) is 9.59 Å². The molecule has 1 unspecified atom stereocenters. The minimum absolute atomic E-state index is 0.0239. The van der Waals surface area contributed by atoms with Gasteiger partial charge in [0.05, 0.1) is 5.75 Å². The lowest BCUT2D eigenvalue weighted by atomic mass is 10.0. The van der Waals surface area contributed by atoms with Crippen LogP contribution in [-0.2, 0) is 20.9 Å². The highest BCUT2D eigenvalue weighted by Gasteiger charge is 2.18. The first-order chi connectivity index (χ1) is 15.9. The van der Waals surface area contributed by atoms with E-state index in [4.69, 9.17) is 9.15 Å². The first kappa shape index (κ1) is 22.5. The highest BCUT2D eigenvalue weighted by atomic mass is 32.2. The number of fused-ring (bicyclic) bond motifs is 3. The Balaban J connectivity index is 1.40. The van der Waals surface area contributed by atoms with Crippen molar-refractivity contribution in [3.05, 3.63) is 88.5 Å². The molecule has 0 fully saturated rings. The van der Waals surface area contributed by atoms with Crippen molar-refractivity contribution in [3.63, 3.8) is 0 Å². The van der Waals surface area contributed by atoms with E-state index in [2.05, 4.69) is 5.32 Å². The van der Waals surface area contributed by atoms with Gasteiger partial charge < -0.3 is 14.5 Å². The van der Waals surface area contributed by atoms with Crippen LogP contribution in [-0.4, -0.2) is 22.9 Å². The lowest BCUT2D eigenvalue weighted by Crippen LogP contribution is -2.21. The predicted octanol–water partition coefficient (Wildman–Crippen LogP) is 4.89. The summed E-state index contributed by atoms with van der Waals surface area (Å²) in [5.41, 5.74) is 0.924. The van der Waals surface area contributed by atoms with Crippen molar-refractivity contribution in [2.45, 2.75) is 18.8 Å². The van der Waals surface area contributed by atoms with Crippen molar-refractivity contribution in [2.24, 2.45) is 0 Å². The molecule has 0 spiro atoms. The molecular weight excluding hydrogens is 445 g/mol. The van der Waals surface area contributed by atoms with Crippen molar-refractivity contribution in [2.75, 3.05) is 11.1 Å². The summed E-state index contributed by atoms with van der Waals surface area (Å²) < 4.78 is 23.7. The van der Waals surface area contributed by atoms with Crippen LogP contribution in [0.5, 0.6) is 0 Å². The number of anilines is 1. The van der Waals surface area contributed by atoms with Gasteiger partial charge >= 0.3 is 11.6 Å². The Kier molecular flexibility index (Phi) is 6.74. The molecule has 6 nitrogen and oxygen atoms in total. The number of carbonyl (C=O) groups excluding carboxylic acids is 2. The summed E-state index contributed by atoms with van der Waals surface area (Å²) in [5, 5.41) is 4.63. The largest absolute Gasteiger partial charge is 0.460 e. The maximum atomic E-state index is 13.0. The van der Waals surface area contributed by atoms with Crippen LogP contribution in [0.3, 0.4) is 0 Å². The van der Waals surface area contributed by atoms with Crippen LogP contribution in [0.15, 0.2) is 75.9 Å². The van der Waals surface area contributed by atoms with Gasteiger partial charge in [0, 0.05) is 22.7 Å². The number of rotatable bonds is 7. The molecule has 0 aliphatic carbocycles. The van der Waals surface area contributed by atoms with E-state index < -0.39 is 22.7 Å². The Bertz CT molecular complexity index is 1380. The van der Waals surface area contributed by atoms with E-state index in [-0.39, 0.29) is 18.3 Å². The maximum Gasteiger partial charge on any atom is 0.336 e. The molecule has 0 radical (unpaired) electrons. The molecule has 4 aromatic rings. The summed E-state index contributed by atoms with van der Waals surface area (Å²) in [6, 6.07) is 18.0. The molecule has 0 aliphatic heterocycles. The van der Waals surface area contributed by atoms with Crippen molar-refractivity contribution in [1.82, 2.24) is 0 Å². The first-order valence-corrected chi connectivity index (χ1v) is 11.2. The summed E-state index contributed by atoms with van der Waals surface area (Å²) in [6.07, 6.45) is 0. The van der Waals surface area contributed by atoms with Crippen molar-refractivity contribution >= 4 is 51.1 Å². The number of ether oxygens (including phenoxy) is 1. The second-order valence-corrected chi connectivity index (χ2v) is 8.70. The second-order valence-electron chi connectivity index (χ2n) is 7.37. The van der Waals surface area contributed by atoms with E-state index in [0.29, 0.717) is 16.8 Å². The van der Waals surface area contributed by atoms with Crippen LogP contribution in [0.1, 0.15) is 12.5 Å². The lowest BCUT2D eigenvalue weighted by Gasteiger charge is -2.13. The minimum atomic E-state index is -0.605. The van der Waals surface area contributed by atoms with Gasteiger partial charge in [-0.25, -0.2) is 9.18 Å². The molecule has 0 bridgehead atoms. The van der Waals surface area contributed by atoms with Crippen LogP contribution < -0.4 is 10.9 Å². The van der Waals surface area contributed by atoms with Crippen LogP contribution in [0, 0.1) is 5.82 Å². The molecule has 1 N–H and O–H groups in total. The molecule has 0 saturated heterocycles. The van der Waals surface area contributed by atoms with E-state index in [1.165, 1.54) is 30.3 Å². The van der Waals surface area contributed by atoms with Gasteiger partial charge in [-0.05, 0) is 48.0 Å². The molecule has 0 saturated carbocycles. The van der Waals surface area contributed by atoms with Crippen LogP contribution in [0.4, 0.5) is 10.1 Å². The molecule has 1 amide bonds. The highest BCUT2D eigenvalue weighted by molar-refractivity contribution is 8.01. The van der Waals surface area contributed by atoms with Crippen molar-refractivity contribution in [3.8, 4) is 0 Å². The first-order valence-electron chi connectivity index (χ1n) is 10.2. The minimum Gasteiger partial charge on any atom is -0.460 e. The average molecular weight is 466 g/mol. The SMILES string of the molecule is CC(SCC(=O)Nc1ccc(F)cc1)C(=O)OCc1cc(=O)oc2ccc3ccccc3c12. The number of esters is 1. The average Bonchev–Trinajstić information content (AvgIpc) is 2.81. The number of thioether (sulfide) groups is 1. The molecule has 8 heteroatoms. The molecule has 1 heterocycles. The molecule has 3 aromatic carbocycles. The molecule has 1 atom stereocenters. The van der Waals surface area contributed by atoms with Crippen molar-refractivity contribution in [1.29, 1.82) is 0 Å². The third-order valence-electron chi connectivity index (χ3n) is 5.01. The Labute approximate surface area is 192 Å². The van der Waals surface area contributed by atoms with Crippen LogP contribution in [0.25, 0.3) is 21.7 Å². The molecule has 4 rings (SSSR count). The smallest absolute Gasteiger partial charge is 0.336 e. The Morgan fingerprint density at radius 2 is 1.85 bits per heavy atom. The summed E-state index contributed by atoms with van der Waals surface area (Å²) in [4.78, 5) is 36.6. The molecule has 168 valence electrons. The van der Waals surface area contributed by atoms with Gasteiger partial charge in [-0.2, -0.15) is 0 Å². The van der Waals surface area contributed by atoms with E-state index >= 15 is 0 Å². The number of carbonyl (C=O) groups is 2. The number of halogens is 1. The summed E-state index contributed by atoms with van der Waals surface area (Å²) in [6.45, 7) is 1.55. The number of benzene rings is 3. The quantitative estimate of drug-likeness (QED) is 0.238. The Morgan fingerprint density at radius 3 is 2.64 bits per heavy atom. The van der Waals surface area contributed by atoms with Crippen LogP contribution in [0.2, 0.25) is 0 Å². The monoisotopic (exact) mass is 465 g/mol. The molecule has 0 aliphatic rings. The standard InChI is InChI=1S/C25H20FNO5S/c1-15(33-14-22(28)27-19-9-7-18(26)8-10-19)25(30)31-13-17-12-23(29)32-21-11-6-16-4-2-3-5-20(16)24(17)21/h2-12,15H,13-14H2,1H3,(H,27,28). The molecule has 1 aromatic heterocycles. The molecule has 33 heavy (non-hydrogen) atoms. The lowest BCUT2D eigenvalue weighted by molar-refractivity contribution is -0.143. The summed E-state index contributed by atoms with van der Waals surface area (Å²) in [7, 11) is 0. The fourth-order valence-electron chi connectivity index (χ4n) is 3.40. The van der Waals surface area contributed by atoms with E-state index in [1.54, 1.807) is 13.0 Å². The molecular formula is C25H20FNO5S. The zero-order valence-corrected chi connectivity index (χ0v) is 18.5. The fraction of sp³-hybridized carbons (Fsp3) is 0.160. The van der Waals surface area contributed by atoms with E-state index in [0.717, 1.165) is 27.9 Å². The fourth-order valence-corrected chi connectivity index (χ4v) is 4.08.